The zero-order valence-electron chi connectivity index (χ0n) is 15.9. The number of fused-ring (bicyclic) bond motifs is 2. The van der Waals surface area contributed by atoms with Gasteiger partial charge in [-0.05, 0) is 23.8 Å². The molecule has 0 radical (unpaired) electrons. The summed E-state index contributed by atoms with van der Waals surface area (Å²) < 4.78 is 16.3. The lowest BCUT2D eigenvalue weighted by atomic mass is 10.0. The van der Waals surface area contributed by atoms with Crippen LogP contribution < -0.4 is 5.56 Å². The molecule has 2 aromatic heterocycles. The first kappa shape index (κ1) is 18.2. The van der Waals surface area contributed by atoms with Crippen molar-refractivity contribution in [1.82, 2.24) is 29.9 Å². The molecule has 0 unspecified atom stereocenters. The molecule has 0 saturated heterocycles. The van der Waals surface area contributed by atoms with E-state index in [0.29, 0.717) is 36.4 Å². The lowest BCUT2D eigenvalue weighted by molar-refractivity contribution is 0.0697. The first-order valence-corrected chi connectivity index (χ1v) is 9.51. The topological polar surface area (TPSA) is 96.8 Å². The highest BCUT2D eigenvalue weighted by Gasteiger charge is 2.25. The maximum atomic E-state index is 14.5. The van der Waals surface area contributed by atoms with Crippen molar-refractivity contribution in [3.05, 3.63) is 87.6 Å². The molecule has 0 saturated carbocycles. The van der Waals surface area contributed by atoms with Crippen LogP contribution in [-0.4, -0.2) is 42.3 Å². The largest absolute Gasteiger partial charge is 0.329 e. The molecule has 0 bridgehead atoms. The summed E-state index contributed by atoms with van der Waals surface area (Å²) in [6, 6.07) is 11.7. The van der Waals surface area contributed by atoms with Crippen LogP contribution >= 0.6 is 0 Å². The number of carbonyl (C=O) groups excluding carboxylic acids is 1. The molecular weight excluding hydrogens is 387 g/mol. The normalized spacial score (nSPS) is 13.4. The van der Waals surface area contributed by atoms with Crippen molar-refractivity contribution in [2.75, 3.05) is 6.54 Å². The molecule has 5 rings (SSSR count). The van der Waals surface area contributed by atoms with Crippen molar-refractivity contribution in [1.29, 1.82) is 0 Å². The number of nitrogens with one attached hydrogen (secondary N) is 1. The summed E-state index contributed by atoms with van der Waals surface area (Å²) in [5, 5.41) is 12.0. The Balaban J connectivity index is 1.45. The average Bonchev–Trinajstić information content (AvgIpc) is 3.24. The first-order valence-electron chi connectivity index (χ1n) is 9.51. The van der Waals surface area contributed by atoms with E-state index in [0.717, 1.165) is 10.9 Å². The molecule has 4 aromatic rings. The summed E-state index contributed by atoms with van der Waals surface area (Å²) in [5.41, 5.74) is 1.13. The molecule has 2 aromatic carbocycles. The van der Waals surface area contributed by atoms with E-state index in [4.69, 9.17) is 0 Å². The van der Waals surface area contributed by atoms with Crippen molar-refractivity contribution in [2.45, 2.75) is 19.5 Å². The highest BCUT2D eigenvalue weighted by molar-refractivity contribution is 5.94. The van der Waals surface area contributed by atoms with E-state index in [-0.39, 0.29) is 23.6 Å². The van der Waals surface area contributed by atoms with E-state index < -0.39 is 5.82 Å². The van der Waals surface area contributed by atoms with Crippen LogP contribution in [0.1, 0.15) is 27.4 Å². The van der Waals surface area contributed by atoms with E-state index in [2.05, 4.69) is 20.3 Å². The summed E-state index contributed by atoms with van der Waals surface area (Å²) in [5.74, 6) is -0.284. The number of aromatic amines is 1. The molecule has 0 aliphatic carbocycles. The Morgan fingerprint density at radius 2 is 1.97 bits per heavy atom. The third-order valence-electron chi connectivity index (χ3n) is 5.30. The molecular formula is C21H17FN6O2. The van der Waals surface area contributed by atoms with Gasteiger partial charge in [-0.1, -0.05) is 24.3 Å². The third-order valence-corrected chi connectivity index (χ3v) is 5.30. The van der Waals surface area contributed by atoms with E-state index >= 15 is 0 Å². The number of hydrogen-bond donors (Lipinski definition) is 1. The van der Waals surface area contributed by atoms with Gasteiger partial charge in [-0.25, -0.2) is 19.2 Å². The van der Waals surface area contributed by atoms with Crippen molar-refractivity contribution in [3.8, 4) is 0 Å². The Hall–Kier alpha value is -3.88. The fourth-order valence-electron chi connectivity index (χ4n) is 3.75. The van der Waals surface area contributed by atoms with Crippen LogP contribution in [0.15, 0.2) is 53.6 Å². The lowest BCUT2D eigenvalue weighted by Crippen LogP contribution is -2.39. The Morgan fingerprint density at radius 1 is 1.13 bits per heavy atom. The molecule has 0 atom stereocenters. The zero-order valence-corrected chi connectivity index (χ0v) is 15.9. The van der Waals surface area contributed by atoms with Gasteiger partial charge in [0.05, 0.1) is 29.7 Å². The van der Waals surface area contributed by atoms with Crippen LogP contribution in [0.5, 0.6) is 0 Å². The van der Waals surface area contributed by atoms with Crippen LogP contribution in [0.2, 0.25) is 0 Å². The van der Waals surface area contributed by atoms with Gasteiger partial charge in [-0.2, -0.15) is 10.2 Å². The third kappa shape index (κ3) is 3.14. The minimum absolute atomic E-state index is 0.00851. The number of nitrogens with zero attached hydrogens (tertiary/aromatic N) is 5. The standard InChI is InChI=1S/C21H17FN6O2/c22-17-6-5-13(10-18-14-3-1-2-4-15(14)20(29)26-25-18)9-16(17)21(30)27-7-8-28-19(11-27)23-12-24-28/h1-6,9,12H,7-8,10-11H2,(H,26,29). The number of benzene rings is 2. The van der Waals surface area contributed by atoms with Gasteiger partial charge in [-0.3, -0.25) is 9.59 Å². The second kappa shape index (κ2) is 7.18. The molecule has 1 aliphatic rings. The van der Waals surface area contributed by atoms with E-state index in [1.807, 2.05) is 12.1 Å². The summed E-state index contributed by atoms with van der Waals surface area (Å²) in [4.78, 5) is 30.7. The monoisotopic (exact) mass is 404 g/mol. The number of amides is 1. The maximum Gasteiger partial charge on any atom is 0.272 e. The minimum Gasteiger partial charge on any atom is -0.329 e. The highest BCUT2D eigenvalue weighted by Crippen LogP contribution is 2.20. The van der Waals surface area contributed by atoms with E-state index in [9.17, 15) is 14.0 Å². The maximum absolute atomic E-state index is 14.5. The highest BCUT2D eigenvalue weighted by atomic mass is 19.1. The molecule has 30 heavy (non-hydrogen) atoms. The molecule has 3 heterocycles. The number of H-pyrrole nitrogens is 1. The fraction of sp³-hybridized carbons (Fsp3) is 0.190. The Morgan fingerprint density at radius 3 is 2.83 bits per heavy atom. The van der Waals surface area contributed by atoms with Crippen LogP contribution in [0.3, 0.4) is 0 Å². The van der Waals surface area contributed by atoms with Gasteiger partial charge < -0.3 is 4.90 Å². The van der Waals surface area contributed by atoms with Crippen molar-refractivity contribution < 1.29 is 9.18 Å². The molecule has 0 fully saturated rings. The van der Waals surface area contributed by atoms with Crippen LogP contribution in [0.25, 0.3) is 10.8 Å². The fourth-order valence-corrected chi connectivity index (χ4v) is 3.75. The van der Waals surface area contributed by atoms with Crippen LogP contribution in [-0.2, 0) is 19.5 Å². The van der Waals surface area contributed by atoms with Gasteiger partial charge in [0, 0.05) is 18.4 Å². The van der Waals surface area contributed by atoms with E-state index in [1.165, 1.54) is 12.4 Å². The Labute approximate surface area is 170 Å². The minimum atomic E-state index is -0.574. The van der Waals surface area contributed by atoms with E-state index in [1.54, 1.807) is 33.8 Å². The van der Waals surface area contributed by atoms with Gasteiger partial charge in [0.2, 0.25) is 0 Å². The second-order valence-corrected chi connectivity index (χ2v) is 7.16. The number of aromatic nitrogens is 5. The van der Waals surface area contributed by atoms with Crippen molar-refractivity contribution in [2.24, 2.45) is 0 Å². The molecule has 8 nitrogen and oxygen atoms in total. The van der Waals surface area contributed by atoms with Gasteiger partial charge in [0.1, 0.15) is 18.0 Å². The van der Waals surface area contributed by atoms with Crippen LogP contribution in [0, 0.1) is 5.82 Å². The molecule has 1 N–H and O–H groups in total. The summed E-state index contributed by atoms with van der Waals surface area (Å²) in [6.45, 7) is 1.25. The summed E-state index contributed by atoms with van der Waals surface area (Å²) in [6.07, 6.45) is 1.80. The quantitative estimate of drug-likeness (QED) is 0.563. The number of halogens is 1. The molecule has 0 spiro atoms. The Kier molecular flexibility index (Phi) is 4.35. The van der Waals surface area contributed by atoms with Crippen LogP contribution in [0.4, 0.5) is 4.39 Å². The smallest absolute Gasteiger partial charge is 0.272 e. The van der Waals surface area contributed by atoms with Crippen molar-refractivity contribution in [3.63, 3.8) is 0 Å². The molecule has 1 amide bonds. The lowest BCUT2D eigenvalue weighted by Gasteiger charge is -2.27. The number of hydrogen-bond acceptors (Lipinski definition) is 5. The molecule has 9 heteroatoms. The summed E-state index contributed by atoms with van der Waals surface area (Å²) in [7, 11) is 0. The predicted octanol–water partition coefficient (Wildman–Crippen LogP) is 1.90. The first-order chi connectivity index (χ1) is 14.6. The number of rotatable bonds is 3. The summed E-state index contributed by atoms with van der Waals surface area (Å²) >= 11 is 0. The second-order valence-electron chi connectivity index (χ2n) is 7.16. The average molecular weight is 404 g/mol. The number of carbonyl (C=O) groups is 1. The van der Waals surface area contributed by atoms with Gasteiger partial charge >= 0.3 is 0 Å². The molecule has 1 aliphatic heterocycles. The van der Waals surface area contributed by atoms with Crippen molar-refractivity contribution >= 4 is 16.7 Å². The zero-order chi connectivity index (χ0) is 20.7. The van der Waals surface area contributed by atoms with Gasteiger partial charge in [0.15, 0.2) is 0 Å². The predicted molar refractivity (Wildman–Crippen MR) is 106 cm³/mol. The SMILES string of the molecule is O=C(c1cc(Cc2n[nH]c(=O)c3ccccc23)ccc1F)N1CCn2ncnc2C1. The van der Waals surface area contributed by atoms with Gasteiger partial charge in [0.25, 0.3) is 11.5 Å². The Bertz CT molecular complexity index is 1330. The molecule has 150 valence electrons. The van der Waals surface area contributed by atoms with Gasteiger partial charge in [-0.15, -0.1) is 0 Å².